The molecule has 49 heavy (non-hydrogen) atoms. The summed E-state index contributed by atoms with van der Waals surface area (Å²) in [5.41, 5.74) is 0. The molecule has 0 aliphatic rings. The molecular weight excluding hydrogens is 643 g/mol. The number of phosphoric ester groups is 1. The van der Waals surface area contributed by atoms with Crippen molar-refractivity contribution in [3.63, 3.8) is 0 Å². The number of rotatable bonds is 39. The lowest BCUT2D eigenvalue weighted by Crippen LogP contribution is -2.29. The number of aliphatic hydroxyl groups excluding tert-OH is 2. The topological polar surface area (TPSA) is 132 Å². The van der Waals surface area contributed by atoms with Crippen LogP contribution in [0.3, 0.4) is 0 Å². The van der Waals surface area contributed by atoms with Crippen molar-refractivity contribution in [1.29, 1.82) is 0 Å². The number of unbranched alkanes of at least 4 members (excludes halogenated alkanes) is 23. The predicted octanol–water partition coefficient (Wildman–Crippen LogP) is 10.5. The van der Waals surface area contributed by atoms with E-state index in [4.69, 9.17) is 23.6 Å². The van der Waals surface area contributed by atoms with Crippen LogP contribution in [0.2, 0.25) is 0 Å². The minimum absolute atomic E-state index is 0.0497. The van der Waals surface area contributed by atoms with E-state index in [0.29, 0.717) is 6.61 Å². The lowest BCUT2D eigenvalue weighted by atomic mass is 10.0. The first kappa shape index (κ1) is 48.2. The number of esters is 1. The Kier molecular flexibility index (Phi) is 36.4. The maximum atomic E-state index is 12.6. The maximum Gasteiger partial charge on any atom is 0.472 e. The molecule has 0 bridgehead atoms. The van der Waals surface area contributed by atoms with Gasteiger partial charge in [0.2, 0.25) is 0 Å². The molecule has 0 fully saturated rings. The van der Waals surface area contributed by atoms with Gasteiger partial charge in [0.25, 0.3) is 0 Å². The SMILES string of the molecule is CCC/C=C\CCCCCCCCOCC(COP(=O)(O)OCC(O)CO)OC(=O)CCCCCCCCCCCCCCCCCCC. The zero-order chi connectivity index (χ0) is 36.1. The Bertz CT molecular complexity index is 780. The summed E-state index contributed by atoms with van der Waals surface area (Å²) >= 11 is 0. The highest BCUT2D eigenvalue weighted by Gasteiger charge is 2.26. The standard InChI is InChI=1S/C39H77O9P/c1-3-5-7-9-11-13-15-16-17-18-19-20-21-23-25-27-29-31-39(42)48-38(36-47-49(43,44)46-34-37(41)33-40)35-45-32-30-28-26-24-22-14-12-10-8-6-4-2/h8,10,37-38,40-41H,3-7,9,11-36H2,1-2H3,(H,43,44)/b10-8-. The fourth-order valence-electron chi connectivity index (χ4n) is 5.59. The van der Waals surface area contributed by atoms with Crippen LogP contribution in [0.25, 0.3) is 0 Å². The Morgan fingerprint density at radius 2 is 1.08 bits per heavy atom. The van der Waals surface area contributed by atoms with Crippen LogP contribution in [0.1, 0.15) is 187 Å². The van der Waals surface area contributed by atoms with Crippen LogP contribution in [-0.2, 0) is 27.9 Å². The number of hydrogen-bond donors (Lipinski definition) is 3. The number of aliphatic hydroxyl groups is 2. The molecule has 0 aromatic rings. The van der Waals surface area contributed by atoms with Crippen molar-refractivity contribution in [3.8, 4) is 0 Å². The highest BCUT2D eigenvalue weighted by Crippen LogP contribution is 2.43. The Morgan fingerprint density at radius 1 is 0.612 bits per heavy atom. The molecule has 3 N–H and O–H groups in total. The van der Waals surface area contributed by atoms with Crippen LogP contribution in [0.4, 0.5) is 0 Å². The van der Waals surface area contributed by atoms with Gasteiger partial charge in [-0.3, -0.25) is 13.8 Å². The van der Waals surface area contributed by atoms with Gasteiger partial charge in [-0.2, -0.15) is 0 Å². The van der Waals surface area contributed by atoms with Crippen molar-refractivity contribution in [2.75, 3.05) is 33.0 Å². The normalized spacial score (nSPS) is 14.3. The Labute approximate surface area is 300 Å². The molecule has 292 valence electrons. The predicted molar refractivity (Wildman–Crippen MR) is 201 cm³/mol. The van der Waals surface area contributed by atoms with E-state index in [1.165, 1.54) is 116 Å². The summed E-state index contributed by atoms with van der Waals surface area (Å²) in [6, 6.07) is 0. The average molecular weight is 721 g/mol. The van der Waals surface area contributed by atoms with Crippen molar-refractivity contribution in [3.05, 3.63) is 12.2 Å². The molecule has 0 aliphatic heterocycles. The number of carbonyl (C=O) groups excluding carboxylic acids is 1. The van der Waals surface area contributed by atoms with Crippen molar-refractivity contribution >= 4 is 13.8 Å². The molecular formula is C39H77O9P. The zero-order valence-corrected chi connectivity index (χ0v) is 32.6. The van der Waals surface area contributed by atoms with Crippen molar-refractivity contribution in [2.45, 2.75) is 199 Å². The third-order valence-electron chi connectivity index (χ3n) is 8.68. The summed E-state index contributed by atoms with van der Waals surface area (Å²) in [7, 11) is -4.51. The molecule has 0 saturated carbocycles. The first-order valence-electron chi connectivity index (χ1n) is 20.2. The van der Waals surface area contributed by atoms with Gasteiger partial charge < -0.3 is 24.6 Å². The third kappa shape index (κ3) is 36.8. The fourth-order valence-corrected chi connectivity index (χ4v) is 6.38. The molecule has 10 heteroatoms. The lowest BCUT2D eigenvalue weighted by Gasteiger charge is -2.20. The van der Waals surface area contributed by atoms with E-state index in [9.17, 15) is 19.4 Å². The molecule has 0 saturated heterocycles. The molecule has 0 rings (SSSR count). The van der Waals surface area contributed by atoms with Crippen molar-refractivity contribution < 1.29 is 43.0 Å². The average Bonchev–Trinajstić information content (AvgIpc) is 3.09. The summed E-state index contributed by atoms with van der Waals surface area (Å²) < 4.78 is 33.2. The summed E-state index contributed by atoms with van der Waals surface area (Å²) in [6.45, 7) is 3.47. The summed E-state index contributed by atoms with van der Waals surface area (Å²) in [4.78, 5) is 22.5. The van der Waals surface area contributed by atoms with Gasteiger partial charge in [-0.05, 0) is 32.1 Å². The second-order valence-corrected chi connectivity index (χ2v) is 15.1. The number of phosphoric acid groups is 1. The van der Waals surface area contributed by atoms with E-state index < -0.39 is 33.2 Å². The van der Waals surface area contributed by atoms with Gasteiger partial charge in [0.1, 0.15) is 12.2 Å². The largest absolute Gasteiger partial charge is 0.472 e. The highest BCUT2D eigenvalue weighted by atomic mass is 31.2. The molecule has 9 nitrogen and oxygen atoms in total. The molecule has 0 heterocycles. The van der Waals surface area contributed by atoms with Crippen LogP contribution >= 0.6 is 7.82 Å². The molecule has 3 atom stereocenters. The van der Waals surface area contributed by atoms with Crippen LogP contribution < -0.4 is 0 Å². The van der Waals surface area contributed by atoms with E-state index in [2.05, 4.69) is 26.0 Å². The van der Waals surface area contributed by atoms with Crippen molar-refractivity contribution in [1.82, 2.24) is 0 Å². The smallest absolute Gasteiger partial charge is 0.457 e. The molecule has 0 aromatic heterocycles. The second kappa shape index (κ2) is 37.0. The molecule has 0 aromatic carbocycles. The Balaban J connectivity index is 4.14. The molecule has 0 amide bonds. The lowest BCUT2D eigenvalue weighted by molar-refractivity contribution is -0.154. The third-order valence-corrected chi connectivity index (χ3v) is 9.63. The van der Waals surface area contributed by atoms with Crippen LogP contribution in [0, 0.1) is 0 Å². The monoisotopic (exact) mass is 721 g/mol. The van der Waals surface area contributed by atoms with Gasteiger partial charge in [0.15, 0.2) is 0 Å². The van der Waals surface area contributed by atoms with Crippen LogP contribution in [0.15, 0.2) is 12.2 Å². The maximum absolute atomic E-state index is 12.6. The van der Waals surface area contributed by atoms with Crippen molar-refractivity contribution in [2.24, 2.45) is 0 Å². The number of carbonyl (C=O) groups is 1. The fraction of sp³-hybridized carbons (Fsp3) is 0.923. The van der Waals surface area contributed by atoms with E-state index in [1.807, 2.05) is 0 Å². The molecule has 0 radical (unpaired) electrons. The van der Waals surface area contributed by atoms with Crippen LogP contribution in [-0.4, -0.2) is 66.3 Å². The van der Waals surface area contributed by atoms with Gasteiger partial charge in [0, 0.05) is 13.0 Å². The number of ether oxygens (including phenoxy) is 2. The number of allylic oxidation sites excluding steroid dienone is 2. The molecule has 0 spiro atoms. The van der Waals surface area contributed by atoms with Gasteiger partial charge in [-0.25, -0.2) is 4.57 Å². The van der Waals surface area contributed by atoms with E-state index in [0.717, 1.165) is 51.4 Å². The summed E-state index contributed by atoms with van der Waals surface area (Å²) in [5, 5.41) is 18.3. The van der Waals surface area contributed by atoms with Gasteiger partial charge in [-0.1, -0.05) is 161 Å². The van der Waals surface area contributed by atoms with E-state index in [-0.39, 0.29) is 25.6 Å². The number of hydrogen-bond acceptors (Lipinski definition) is 8. The minimum Gasteiger partial charge on any atom is -0.457 e. The van der Waals surface area contributed by atoms with Gasteiger partial charge in [-0.15, -0.1) is 0 Å². The first-order valence-corrected chi connectivity index (χ1v) is 21.7. The van der Waals surface area contributed by atoms with E-state index in [1.54, 1.807) is 0 Å². The van der Waals surface area contributed by atoms with Crippen LogP contribution in [0.5, 0.6) is 0 Å². The quantitative estimate of drug-likeness (QED) is 0.0246. The molecule has 3 unspecified atom stereocenters. The summed E-state index contributed by atoms with van der Waals surface area (Å²) in [5.74, 6) is -0.382. The first-order chi connectivity index (χ1) is 23.8. The van der Waals surface area contributed by atoms with E-state index >= 15 is 0 Å². The van der Waals surface area contributed by atoms with Gasteiger partial charge >= 0.3 is 13.8 Å². The summed E-state index contributed by atoms with van der Waals surface area (Å²) in [6.07, 6.45) is 34.5. The second-order valence-electron chi connectivity index (χ2n) is 13.7. The van der Waals surface area contributed by atoms with Gasteiger partial charge in [0.05, 0.1) is 26.4 Å². The Morgan fingerprint density at radius 3 is 1.61 bits per heavy atom. The zero-order valence-electron chi connectivity index (χ0n) is 31.7. The Hall–Kier alpha value is -0.800. The highest BCUT2D eigenvalue weighted by molar-refractivity contribution is 7.47. The minimum atomic E-state index is -4.51. The molecule has 0 aliphatic carbocycles.